The van der Waals surface area contributed by atoms with Crippen LogP contribution in [0.2, 0.25) is 0 Å². The fourth-order valence-electron chi connectivity index (χ4n) is 2.18. The van der Waals surface area contributed by atoms with Gasteiger partial charge in [-0.15, -0.1) is 6.58 Å². The summed E-state index contributed by atoms with van der Waals surface area (Å²) in [6.07, 6.45) is 3.44. The second-order valence-electron chi connectivity index (χ2n) is 6.16. The van der Waals surface area contributed by atoms with Crippen molar-refractivity contribution in [3.63, 3.8) is 0 Å². The predicted molar refractivity (Wildman–Crippen MR) is 96.7 cm³/mol. The standard InChI is InChI=1S/C18H25IO2/c1-6-17(3,4)21-12-8-11-18(5,14(2)20)15-9-7-10-16(19)13-15/h6-7,9-10,13H,1,8,11-12H2,2-5H3. The maximum absolute atomic E-state index is 12.2. The molecule has 0 aliphatic carbocycles. The highest BCUT2D eigenvalue weighted by atomic mass is 127. The van der Waals surface area contributed by atoms with E-state index in [-0.39, 0.29) is 11.4 Å². The highest BCUT2D eigenvalue weighted by Crippen LogP contribution is 2.31. The molecule has 1 atom stereocenters. The summed E-state index contributed by atoms with van der Waals surface area (Å²) in [6, 6.07) is 8.19. The van der Waals surface area contributed by atoms with Crippen molar-refractivity contribution in [2.75, 3.05) is 6.61 Å². The lowest BCUT2D eigenvalue weighted by Crippen LogP contribution is -2.31. The second kappa shape index (κ2) is 7.54. The van der Waals surface area contributed by atoms with Gasteiger partial charge in [-0.25, -0.2) is 0 Å². The van der Waals surface area contributed by atoms with Crippen molar-refractivity contribution < 1.29 is 9.53 Å². The minimum Gasteiger partial charge on any atom is -0.372 e. The Bertz CT molecular complexity index is 508. The van der Waals surface area contributed by atoms with E-state index in [0.717, 1.165) is 22.0 Å². The minimum absolute atomic E-state index is 0.201. The highest BCUT2D eigenvalue weighted by molar-refractivity contribution is 14.1. The average molecular weight is 400 g/mol. The van der Waals surface area contributed by atoms with Gasteiger partial charge >= 0.3 is 0 Å². The number of carbonyl (C=O) groups excluding carboxylic acids is 1. The Morgan fingerprint density at radius 2 is 2.05 bits per heavy atom. The topological polar surface area (TPSA) is 26.3 Å². The van der Waals surface area contributed by atoms with Gasteiger partial charge in [-0.2, -0.15) is 0 Å². The van der Waals surface area contributed by atoms with Crippen LogP contribution in [0.15, 0.2) is 36.9 Å². The Kier molecular flexibility index (Phi) is 6.60. The normalized spacial score (nSPS) is 14.5. The maximum Gasteiger partial charge on any atom is 0.140 e. The van der Waals surface area contributed by atoms with Crippen LogP contribution in [-0.2, 0) is 14.9 Å². The van der Waals surface area contributed by atoms with E-state index in [1.54, 1.807) is 13.0 Å². The average Bonchev–Trinajstić information content (AvgIpc) is 2.43. The van der Waals surface area contributed by atoms with Crippen LogP contribution >= 0.6 is 22.6 Å². The third kappa shape index (κ3) is 5.22. The molecule has 1 aromatic rings. The van der Waals surface area contributed by atoms with E-state index in [0.29, 0.717) is 6.61 Å². The van der Waals surface area contributed by atoms with Crippen molar-refractivity contribution >= 4 is 28.4 Å². The summed E-state index contributed by atoms with van der Waals surface area (Å²) in [6.45, 7) is 12.1. The van der Waals surface area contributed by atoms with Crippen LogP contribution in [0.3, 0.4) is 0 Å². The Hall–Kier alpha value is -0.680. The number of hydrogen-bond donors (Lipinski definition) is 0. The lowest BCUT2D eigenvalue weighted by molar-refractivity contribution is -0.122. The van der Waals surface area contributed by atoms with E-state index in [9.17, 15) is 4.79 Å². The summed E-state index contributed by atoms with van der Waals surface area (Å²) in [4.78, 5) is 12.2. The van der Waals surface area contributed by atoms with Crippen LogP contribution in [-0.4, -0.2) is 18.0 Å². The van der Waals surface area contributed by atoms with E-state index in [1.165, 1.54) is 0 Å². The number of halogens is 1. The van der Waals surface area contributed by atoms with Crippen molar-refractivity contribution in [3.8, 4) is 0 Å². The van der Waals surface area contributed by atoms with Crippen molar-refractivity contribution in [2.24, 2.45) is 0 Å². The van der Waals surface area contributed by atoms with Crippen LogP contribution in [0.5, 0.6) is 0 Å². The first-order valence-corrected chi connectivity index (χ1v) is 8.34. The van der Waals surface area contributed by atoms with Crippen LogP contribution in [0.4, 0.5) is 0 Å². The Balaban J connectivity index is 2.74. The highest BCUT2D eigenvalue weighted by Gasteiger charge is 2.31. The zero-order chi connectivity index (χ0) is 16.1. The van der Waals surface area contributed by atoms with Gasteiger partial charge in [0.05, 0.1) is 11.0 Å². The molecule has 0 spiro atoms. The number of carbonyl (C=O) groups is 1. The van der Waals surface area contributed by atoms with Crippen LogP contribution in [0.1, 0.15) is 46.1 Å². The van der Waals surface area contributed by atoms with E-state index < -0.39 is 5.41 Å². The lowest BCUT2D eigenvalue weighted by atomic mass is 9.75. The minimum atomic E-state index is -0.442. The van der Waals surface area contributed by atoms with E-state index in [4.69, 9.17) is 4.74 Å². The number of ether oxygens (including phenoxy) is 1. The fourth-order valence-corrected chi connectivity index (χ4v) is 2.72. The number of Topliss-reactive ketones (excluding diaryl/α,β-unsaturated/α-hetero) is 1. The molecule has 1 unspecified atom stereocenters. The first kappa shape index (κ1) is 18.4. The summed E-state index contributed by atoms with van der Waals surface area (Å²) < 4.78 is 6.94. The number of ketones is 1. The van der Waals surface area contributed by atoms with Crippen LogP contribution < -0.4 is 0 Å². The van der Waals surface area contributed by atoms with Gasteiger partial charge in [-0.1, -0.05) is 18.2 Å². The first-order valence-electron chi connectivity index (χ1n) is 7.26. The van der Waals surface area contributed by atoms with Gasteiger partial charge in [-0.05, 0) is 80.8 Å². The number of rotatable bonds is 8. The molecule has 0 fully saturated rings. The van der Waals surface area contributed by atoms with Crippen molar-refractivity contribution in [1.82, 2.24) is 0 Å². The third-order valence-electron chi connectivity index (χ3n) is 4.03. The second-order valence-corrected chi connectivity index (χ2v) is 7.40. The van der Waals surface area contributed by atoms with Gasteiger partial charge in [0, 0.05) is 10.2 Å². The molecule has 3 heteroatoms. The van der Waals surface area contributed by atoms with Gasteiger partial charge in [0.1, 0.15) is 5.78 Å². The molecule has 0 aliphatic rings. The van der Waals surface area contributed by atoms with Crippen molar-refractivity contribution in [2.45, 2.75) is 51.6 Å². The summed E-state index contributed by atoms with van der Waals surface area (Å²) in [5, 5.41) is 0. The summed E-state index contributed by atoms with van der Waals surface area (Å²) in [5.74, 6) is 0.201. The van der Waals surface area contributed by atoms with Crippen LogP contribution in [0.25, 0.3) is 0 Å². The monoisotopic (exact) mass is 400 g/mol. The zero-order valence-corrected chi connectivity index (χ0v) is 15.6. The Morgan fingerprint density at radius 3 is 2.57 bits per heavy atom. The largest absolute Gasteiger partial charge is 0.372 e. The molecule has 0 aromatic heterocycles. The number of benzene rings is 1. The molecule has 2 nitrogen and oxygen atoms in total. The quantitative estimate of drug-likeness (QED) is 0.353. The summed E-state index contributed by atoms with van der Waals surface area (Å²) >= 11 is 2.28. The molecule has 0 amide bonds. The molecule has 0 heterocycles. The number of hydrogen-bond acceptors (Lipinski definition) is 2. The molecule has 0 saturated carbocycles. The molecule has 1 rings (SSSR count). The van der Waals surface area contributed by atoms with E-state index in [1.807, 2.05) is 39.0 Å². The van der Waals surface area contributed by atoms with Gasteiger partial charge < -0.3 is 4.74 Å². The lowest BCUT2D eigenvalue weighted by Gasteiger charge is -2.28. The SMILES string of the molecule is C=CC(C)(C)OCCCC(C)(C(C)=O)c1cccc(I)c1. The first-order chi connectivity index (χ1) is 9.71. The molecule has 1 aromatic carbocycles. The van der Waals surface area contributed by atoms with Gasteiger partial charge in [-0.3, -0.25) is 4.79 Å². The smallest absolute Gasteiger partial charge is 0.140 e. The molecular formula is C18H25IO2. The molecule has 116 valence electrons. The van der Waals surface area contributed by atoms with Crippen LogP contribution in [0, 0.1) is 3.57 Å². The molecular weight excluding hydrogens is 375 g/mol. The molecule has 0 radical (unpaired) electrons. The van der Waals surface area contributed by atoms with Gasteiger partial charge in [0.2, 0.25) is 0 Å². The maximum atomic E-state index is 12.2. The molecule has 0 aliphatic heterocycles. The van der Waals surface area contributed by atoms with E-state index in [2.05, 4.69) is 35.2 Å². The fraction of sp³-hybridized carbons (Fsp3) is 0.500. The molecule has 0 N–H and O–H groups in total. The summed E-state index contributed by atoms with van der Waals surface area (Å²) in [7, 11) is 0. The predicted octanol–water partition coefficient (Wildman–Crippen LogP) is 4.90. The van der Waals surface area contributed by atoms with Gasteiger partial charge in [0.15, 0.2) is 0 Å². The van der Waals surface area contributed by atoms with Crippen molar-refractivity contribution in [1.29, 1.82) is 0 Å². The molecule has 21 heavy (non-hydrogen) atoms. The Labute approximate surface area is 142 Å². The summed E-state index contributed by atoms with van der Waals surface area (Å²) in [5.41, 5.74) is 0.335. The van der Waals surface area contributed by atoms with E-state index >= 15 is 0 Å². The Morgan fingerprint density at radius 1 is 1.38 bits per heavy atom. The molecule has 0 saturated heterocycles. The molecule has 0 bridgehead atoms. The van der Waals surface area contributed by atoms with Crippen molar-refractivity contribution in [3.05, 3.63) is 46.1 Å². The zero-order valence-electron chi connectivity index (χ0n) is 13.4. The third-order valence-corrected chi connectivity index (χ3v) is 4.70. The van der Waals surface area contributed by atoms with Gasteiger partial charge in [0.25, 0.3) is 0 Å².